The van der Waals surface area contributed by atoms with Crippen molar-refractivity contribution in [1.82, 2.24) is 4.90 Å². The predicted molar refractivity (Wildman–Crippen MR) is 78.4 cm³/mol. The van der Waals surface area contributed by atoms with Crippen LogP contribution in [0.4, 0.5) is 0 Å². The first-order valence-electron chi connectivity index (χ1n) is 7.37. The highest BCUT2D eigenvalue weighted by atomic mass is 16.5. The average Bonchev–Trinajstić information content (AvgIpc) is 2.46. The minimum absolute atomic E-state index is 0.291. The van der Waals surface area contributed by atoms with E-state index >= 15 is 0 Å². The minimum atomic E-state index is -0.907. The predicted octanol–water partition coefficient (Wildman–Crippen LogP) is 3.03. The van der Waals surface area contributed by atoms with Crippen LogP contribution in [-0.2, 0) is 0 Å². The van der Waals surface area contributed by atoms with E-state index in [0.717, 1.165) is 18.7 Å². The van der Waals surface area contributed by atoms with Crippen molar-refractivity contribution >= 4 is 5.97 Å². The Hall–Kier alpha value is -1.55. The molecule has 1 atom stereocenters. The van der Waals surface area contributed by atoms with E-state index in [0.29, 0.717) is 18.2 Å². The molecular formula is C16H23NO3. The number of hydrogen-bond donors (Lipinski definition) is 1. The summed E-state index contributed by atoms with van der Waals surface area (Å²) in [6.45, 7) is 5.25. The maximum Gasteiger partial charge on any atom is 0.335 e. The molecule has 20 heavy (non-hydrogen) atoms. The topological polar surface area (TPSA) is 49.8 Å². The molecular weight excluding hydrogens is 254 g/mol. The zero-order chi connectivity index (χ0) is 14.4. The molecule has 0 aliphatic carbocycles. The number of nitrogens with zero attached hydrogens (tertiary/aromatic N) is 1. The van der Waals surface area contributed by atoms with Crippen LogP contribution in [0, 0.1) is 0 Å². The molecule has 1 aromatic carbocycles. The van der Waals surface area contributed by atoms with Crippen LogP contribution < -0.4 is 4.74 Å². The zero-order valence-electron chi connectivity index (χ0n) is 12.0. The van der Waals surface area contributed by atoms with Gasteiger partial charge in [0.25, 0.3) is 0 Å². The van der Waals surface area contributed by atoms with Crippen LogP contribution in [0.1, 0.15) is 43.0 Å². The maximum atomic E-state index is 10.7. The molecule has 1 aliphatic heterocycles. The molecule has 4 nitrogen and oxygen atoms in total. The van der Waals surface area contributed by atoms with Gasteiger partial charge in [-0.05, 0) is 57.0 Å². The molecule has 0 amide bonds. The molecule has 4 heteroatoms. The number of carboxylic acids is 1. The van der Waals surface area contributed by atoms with Crippen molar-refractivity contribution in [2.45, 2.75) is 38.6 Å². The highest BCUT2D eigenvalue weighted by Crippen LogP contribution is 2.17. The van der Waals surface area contributed by atoms with Crippen LogP contribution >= 0.6 is 0 Å². The van der Waals surface area contributed by atoms with Gasteiger partial charge in [-0.15, -0.1) is 0 Å². The Labute approximate surface area is 120 Å². The maximum absolute atomic E-state index is 10.7. The van der Waals surface area contributed by atoms with Gasteiger partial charge in [-0.1, -0.05) is 6.42 Å². The van der Waals surface area contributed by atoms with Crippen LogP contribution in [-0.4, -0.2) is 41.7 Å². The summed E-state index contributed by atoms with van der Waals surface area (Å²) in [4.78, 5) is 13.3. The fraction of sp³-hybridized carbons (Fsp3) is 0.562. The van der Waals surface area contributed by atoms with Crippen LogP contribution in [0.3, 0.4) is 0 Å². The Morgan fingerprint density at radius 2 is 2.10 bits per heavy atom. The molecule has 1 fully saturated rings. The summed E-state index contributed by atoms with van der Waals surface area (Å²) in [5.74, 6) is -0.169. The molecule has 1 N–H and O–H groups in total. The van der Waals surface area contributed by atoms with Crippen molar-refractivity contribution in [3.63, 3.8) is 0 Å². The molecule has 1 aliphatic rings. The second-order valence-corrected chi connectivity index (χ2v) is 5.41. The number of rotatable bonds is 6. The third-order valence-corrected chi connectivity index (χ3v) is 3.90. The number of piperidine rings is 1. The van der Waals surface area contributed by atoms with Gasteiger partial charge in [0.05, 0.1) is 12.2 Å². The fourth-order valence-corrected chi connectivity index (χ4v) is 2.64. The second kappa shape index (κ2) is 7.29. The third kappa shape index (κ3) is 4.23. The second-order valence-electron chi connectivity index (χ2n) is 5.41. The Balaban J connectivity index is 1.69. The number of hydrogen-bond acceptors (Lipinski definition) is 3. The van der Waals surface area contributed by atoms with Crippen LogP contribution in [0.5, 0.6) is 5.75 Å². The number of benzene rings is 1. The molecule has 110 valence electrons. The van der Waals surface area contributed by atoms with E-state index in [1.165, 1.54) is 25.8 Å². The SMILES string of the molecule is C[C@@H]1CCCCN1CCCOc1ccc(C(=O)O)cc1. The first-order valence-corrected chi connectivity index (χ1v) is 7.37. The summed E-state index contributed by atoms with van der Waals surface area (Å²) >= 11 is 0. The summed E-state index contributed by atoms with van der Waals surface area (Å²) in [6, 6.07) is 7.27. The van der Waals surface area contributed by atoms with Crippen molar-refractivity contribution in [3.8, 4) is 5.75 Å². The summed E-state index contributed by atoms with van der Waals surface area (Å²) in [6.07, 6.45) is 4.97. The Morgan fingerprint density at radius 1 is 1.35 bits per heavy atom. The number of aromatic carboxylic acids is 1. The highest BCUT2D eigenvalue weighted by Gasteiger charge is 2.17. The van der Waals surface area contributed by atoms with Crippen LogP contribution in [0.25, 0.3) is 0 Å². The van der Waals surface area contributed by atoms with Gasteiger partial charge in [0.2, 0.25) is 0 Å². The lowest BCUT2D eigenvalue weighted by Crippen LogP contribution is -2.38. The normalized spacial score (nSPS) is 19.8. The van der Waals surface area contributed by atoms with Gasteiger partial charge in [0, 0.05) is 12.6 Å². The van der Waals surface area contributed by atoms with E-state index in [1.807, 2.05) is 0 Å². The smallest absolute Gasteiger partial charge is 0.335 e. The van der Waals surface area contributed by atoms with E-state index in [2.05, 4.69) is 11.8 Å². The van der Waals surface area contributed by atoms with Gasteiger partial charge in [-0.25, -0.2) is 4.79 Å². The number of carboxylic acid groups (broad SMARTS) is 1. The van der Waals surface area contributed by atoms with Crippen molar-refractivity contribution in [2.24, 2.45) is 0 Å². The average molecular weight is 277 g/mol. The molecule has 1 heterocycles. The van der Waals surface area contributed by atoms with E-state index in [4.69, 9.17) is 9.84 Å². The third-order valence-electron chi connectivity index (χ3n) is 3.90. The van der Waals surface area contributed by atoms with Gasteiger partial charge >= 0.3 is 5.97 Å². The number of carbonyl (C=O) groups is 1. The first-order chi connectivity index (χ1) is 9.66. The Kier molecular flexibility index (Phi) is 5.41. The van der Waals surface area contributed by atoms with Crippen LogP contribution in [0.2, 0.25) is 0 Å². The Bertz CT molecular complexity index is 430. The lowest BCUT2D eigenvalue weighted by atomic mass is 10.0. The highest BCUT2D eigenvalue weighted by molar-refractivity contribution is 5.87. The molecule has 1 aromatic rings. The molecule has 0 bridgehead atoms. The quantitative estimate of drug-likeness (QED) is 0.812. The Morgan fingerprint density at radius 3 is 2.75 bits per heavy atom. The zero-order valence-corrected chi connectivity index (χ0v) is 12.0. The van der Waals surface area contributed by atoms with E-state index in [-0.39, 0.29) is 0 Å². The van der Waals surface area contributed by atoms with Gasteiger partial charge in [0.15, 0.2) is 0 Å². The fourth-order valence-electron chi connectivity index (χ4n) is 2.64. The van der Waals surface area contributed by atoms with Crippen molar-refractivity contribution < 1.29 is 14.6 Å². The van der Waals surface area contributed by atoms with Gasteiger partial charge in [0.1, 0.15) is 5.75 Å². The van der Waals surface area contributed by atoms with Gasteiger partial charge < -0.3 is 14.7 Å². The number of likely N-dealkylation sites (tertiary alicyclic amines) is 1. The lowest BCUT2D eigenvalue weighted by Gasteiger charge is -2.33. The molecule has 0 spiro atoms. The van der Waals surface area contributed by atoms with Crippen molar-refractivity contribution in [3.05, 3.63) is 29.8 Å². The minimum Gasteiger partial charge on any atom is -0.494 e. The van der Waals surface area contributed by atoms with Crippen LogP contribution in [0.15, 0.2) is 24.3 Å². The molecule has 1 saturated heterocycles. The summed E-state index contributed by atoms with van der Waals surface area (Å²) in [5.41, 5.74) is 0.291. The molecule has 0 aromatic heterocycles. The molecule has 0 unspecified atom stereocenters. The molecule has 0 radical (unpaired) electrons. The van der Waals surface area contributed by atoms with E-state index < -0.39 is 5.97 Å². The summed E-state index contributed by atoms with van der Waals surface area (Å²) < 4.78 is 5.65. The van der Waals surface area contributed by atoms with Gasteiger partial charge in [-0.2, -0.15) is 0 Å². The first kappa shape index (κ1) is 14.9. The monoisotopic (exact) mass is 277 g/mol. The van der Waals surface area contributed by atoms with Crippen molar-refractivity contribution in [2.75, 3.05) is 19.7 Å². The largest absolute Gasteiger partial charge is 0.494 e. The molecule has 0 saturated carbocycles. The van der Waals surface area contributed by atoms with E-state index in [1.54, 1.807) is 24.3 Å². The molecule has 2 rings (SSSR count). The summed E-state index contributed by atoms with van der Waals surface area (Å²) in [5, 5.41) is 8.81. The number of ether oxygens (including phenoxy) is 1. The summed E-state index contributed by atoms with van der Waals surface area (Å²) in [7, 11) is 0. The standard InChI is InChI=1S/C16H23NO3/c1-13-5-2-3-10-17(13)11-4-12-20-15-8-6-14(7-9-15)16(18)19/h6-9,13H,2-5,10-12H2,1H3,(H,18,19)/t13-/m1/s1. The van der Waals surface area contributed by atoms with Gasteiger partial charge in [-0.3, -0.25) is 0 Å². The lowest BCUT2D eigenvalue weighted by molar-refractivity contribution is 0.0697. The van der Waals surface area contributed by atoms with E-state index in [9.17, 15) is 4.79 Å². The van der Waals surface area contributed by atoms with Crippen molar-refractivity contribution in [1.29, 1.82) is 0 Å².